The molecule has 6 aromatic carbocycles. The predicted molar refractivity (Wildman–Crippen MR) is 174 cm³/mol. The molecule has 8 aromatic rings. The molecule has 0 radical (unpaired) electrons. The molecule has 0 aliphatic carbocycles. The molecule has 0 spiro atoms. The highest BCUT2D eigenvalue weighted by molar-refractivity contribution is 7.25. The predicted octanol–water partition coefficient (Wildman–Crippen LogP) is 10.4. The normalized spacial score (nSPS) is 15.2. The summed E-state index contributed by atoms with van der Waals surface area (Å²) in [6.45, 7) is 0. The number of thiophene rings is 1. The Bertz CT molecular complexity index is 2360. The molecule has 2 aromatic heterocycles. The molecule has 3 nitrogen and oxygen atoms in total. The Hall–Kier alpha value is -5.06. The van der Waals surface area contributed by atoms with Gasteiger partial charge in [0.2, 0.25) is 0 Å². The minimum atomic E-state index is 0.0383. The summed E-state index contributed by atoms with van der Waals surface area (Å²) in [6.07, 6.45) is 0.0383. The first-order valence-electron chi connectivity index (χ1n) is 14.1. The second kappa shape index (κ2) is 7.78. The highest BCUT2D eigenvalue weighted by Gasteiger charge is 2.38. The summed E-state index contributed by atoms with van der Waals surface area (Å²) < 4.78 is 5.12. The maximum Gasteiger partial charge on any atom is 0.131 e. The quantitative estimate of drug-likeness (QED) is 0.223. The summed E-state index contributed by atoms with van der Waals surface area (Å²) in [5.41, 5.74) is 11.2. The van der Waals surface area contributed by atoms with Crippen LogP contribution in [-0.4, -0.2) is 4.57 Å². The highest BCUT2D eigenvalue weighted by atomic mass is 32.1. The molecule has 2 aliphatic rings. The topological polar surface area (TPSA) is 20.2 Å². The van der Waals surface area contributed by atoms with Crippen LogP contribution in [-0.2, 0) is 0 Å². The molecular formula is C37H23N3S. The molecule has 1 atom stereocenters. The number of nitrogens with one attached hydrogen (secondary N) is 1. The van der Waals surface area contributed by atoms with Crippen LogP contribution in [0.3, 0.4) is 0 Å². The summed E-state index contributed by atoms with van der Waals surface area (Å²) in [5, 5.41) is 9.11. The molecule has 0 amide bonds. The van der Waals surface area contributed by atoms with Gasteiger partial charge in [-0.05, 0) is 66.2 Å². The van der Waals surface area contributed by atoms with E-state index in [-0.39, 0.29) is 6.17 Å². The van der Waals surface area contributed by atoms with Crippen molar-refractivity contribution in [2.45, 2.75) is 6.17 Å². The van der Waals surface area contributed by atoms with Gasteiger partial charge in [0.25, 0.3) is 0 Å². The van der Waals surface area contributed by atoms with Gasteiger partial charge in [-0.3, -0.25) is 0 Å². The van der Waals surface area contributed by atoms with Gasteiger partial charge >= 0.3 is 0 Å². The van der Waals surface area contributed by atoms with Crippen molar-refractivity contribution in [1.29, 1.82) is 0 Å². The fourth-order valence-electron chi connectivity index (χ4n) is 7.16. The zero-order valence-electron chi connectivity index (χ0n) is 22.0. The summed E-state index contributed by atoms with van der Waals surface area (Å²) in [7, 11) is 0. The van der Waals surface area contributed by atoms with Crippen molar-refractivity contribution >= 4 is 70.4 Å². The highest BCUT2D eigenvalue weighted by Crippen LogP contribution is 2.55. The van der Waals surface area contributed by atoms with Crippen LogP contribution in [0.4, 0.5) is 17.1 Å². The van der Waals surface area contributed by atoms with E-state index in [0.717, 1.165) is 0 Å². The third-order valence-electron chi connectivity index (χ3n) is 8.91. The largest absolute Gasteiger partial charge is 0.359 e. The molecule has 1 unspecified atom stereocenters. The Labute approximate surface area is 240 Å². The molecule has 0 fully saturated rings. The monoisotopic (exact) mass is 541 g/mol. The number of nitrogens with zero attached hydrogens (tertiary/aromatic N) is 2. The van der Waals surface area contributed by atoms with Crippen molar-refractivity contribution in [1.82, 2.24) is 4.57 Å². The van der Waals surface area contributed by atoms with E-state index in [1.165, 1.54) is 81.4 Å². The Morgan fingerprint density at radius 1 is 0.537 bits per heavy atom. The molecule has 0 bridgehead atoms. The van der Waals surface area contributed by atoms with Crippen LogP contribution in [0.2, 0.25) is 0 Å². The zero-order valence-corrected chi connectivity index (χ0v) is 22.8. The number of anilines is 3. The van der Waals surface area contributed by atoms with Gasteiger partial charge in [-0.1, -0.05) is 66.7 Å². The Balaban J connectivity index is 1.35. The van der Waals surface area contributed by atoms with Crippen molar-refractivity contribution in [3.8, 4) is 16.8 Å². The van der Waals surface area contributed by atoms with Crippen LogP contribution >= 0.6 is 11.3 Å². The molecule has 0 saturated heterocycles. The third-order valence-corrected chi connectivity index (χ3v) is 10.0. The zero-order chi connectivity index (χ0) is 26.7. The lowest BCUT2D eigenvalue weighted by Crippen LogP contribution is -2.27. The van der Waals surface area contributed by atoms with E-state index in [4.69, 9.17) is 0 Å². The first-order chi connectivity index (χ1) is 20.3. The van der Waals surface area contributed by atoms with E-state index in [1.807, 2.05) is 11.3 Å². The van der Waals surface area contributed by atoms with Gasteiger partial charge in [-0.2, -0.15) is 0 Å². The average molecular weight is 542 g/mol. The molecule has 192 valence electrons. The average Bonchev–Trinajstić information content (AvgIpc) is 3.69. The Kier molecular flexibility index (Phi) is 4.12. The van der Waals surface area contributed by atoms with E-state index in [2.05, 4.69) is 142 Å². The smallest absolute Gasteiger partial charge is 0.131 e. The van der Waals surface area contributed by atoms with Crippen molar-refractivity contribution in [2.75, 3.05) is 10.2 Å². The first-order valence-corrected chi connectivity index (χ1v) is 14.9. The first kappa shape index (κ1) is 21.7. The molecule has 10 rings (SSSR count). The van der Waals surface area contributed by atoms with Gasteiger partial charge in [0, 0.05) is 47.8 Å². The van der Waals surface area contributed by atoms with Crippen LogP contribution < -0.4 is 10.2 Å². The molecule has 41 heavy (non-hydrogen) atoms. The molecule has 0 saturated carbocycles. The van der Waals surface area contributed by atoms with Crippen LogP contribution in [0.5, 0.6) is 0 Å². The SMILES string of the molecule is c1ccc(-n2c3cc4c(cc3c3cc5c(cc32)sc2ccccc25)-c2ccccc2N2c3ccccc3NC42)cc1. The van der Waals surface area contributed by atoms with Crippen molar-refractivity contribution in [3.05, 3.63) is 133 Å². The summed E-state index contributed by atoms with van der Waals surface area (Å²) in [6, 6.07) is 46.8. The fraction of sp³-hybridized carbons (Fsp3) is 0.0270. The van der Waals surface area contributed by atoms with Gasteiger partial charge < -0.3 is 14.8 Å². The van der Waals surface area contributed by atoms with Crippen molar-refractivity contribution in [2.24, 2.45) is 0 Å². The van der Waals surface area contributed by atoms with Gasteiger partial charge in [0.1, 0.15) is 6.17 Å². The van der Waals surface area contributed by atoms with Crippen LogP contribution in [0.1, 0.15) is 11.7 Å². The molecule has 4 heterocycles. The van der Waals surface area contributed by atoms with E-state index in [1.54, 1.807) is 0 Å². The molecular weight excluding hydrogens is 518 g/mol. The minimum absolute atomic E-state index is 0.0383. The number of fused-ring (bicyclic) bond motifs is 14. The number of benzene rings is 6. The van der Waals surface area contributed by atoms with Gasteiger partial charge in [0.15, 0.2) is 0 Å². The maximum absolute atomic E-state index is 3.85. The summed E-state index contributed by atoms with van der Waals surface area (Å²) in [5.74, 6) is 0. The second-order valence-electron chi connectivity index (χ2n) is 11.0. The van der Waals surface area contributed by atoms with Crippen LogP contribution in [0.15, 0.2) is 127 Å². The lowest BCUT2D eigenvalue weighted by molar-refractivity contribution is 0.820. The lowest BCUT2D eigenvalue weighted by atomic mass is 9.90. The number of hydrogen-bond acceptors (Lipinski definition) is 3. The molecule has 4 heteroatoms. The number of hydrogen-bond donors (Lipinski definition) is 1. The maximum atomic E-state index is 3.85. The Morgan fingerprint density at radius 3 is 2.20 bits per heavy atom. The number of aromatic nitrogens is 1. The second-order valence-corrected chi connectivity index (χ2v) is 12.1. The van der Waals surface area contributed by atoms with Crippen LogP contribution in [0.25, 0.3) is 58.8 Å². The number of rotatable bonds is 1. The summed E-state index contributed by atoms with van der Waals surface area (Å²) >= 11 is 1.88. The van der Waals surface area contributed by atoms with Crippen LogP contribution in [0, 0.1) is 0 Å². The van der Waals surface area contributed by atoms with Gasteiger partial charge in [0.05, 0.1) is 28.1 Å². The van der Waals surface area contributed by atoms with Crippen molar-refractivity contribution < 1.29 is 0 Å². The Morgan fingerprint density at radius 2 is 1.27 bits per heavy atom. The molecule has 1 N–H and O–H groups in total. The van der Waals surface area contributed by atoms with E-state index in [9.17, 15) is 0 Å². The van der Waals surface area contributed by atoms with Gasteiger partial charge in [-0.15, -0.1) is 11.3 Å². The van der Waals surface area contributed by atoms with Crippen molar-refractivity contribution in [3.63, 3.8) is 0 Å². The van der Waals surface area contributed by atoms with E-state index in [0.29, 0.717) is 0 Å². The third kappa shape index (κ3) is 2.82. The standard InChI is InChI=1S/C37H23N3S/c1-2-10-22(11-3-1)39-33-20-29-25(23-12-4-7-15-31(23)40-32-16-8-6-14-30(32)38-37(29)40)18-26(33)27-19-28-24-13-5-9-17-35(24)41-36(28)21-34(27)39/h1-21,37-38H. The lowest BCUT2D eigenvalue weighted by Gasteiger charge is -2.35. The number of para-hydroxylation sites is 4. The fourth-order valence-corrected chi connectivity index (χ4v) is 8.29. The summed E-state index contributed by atoms with van der Waals surface area (Å²) in [4.78, 5) is 2.47. The van der Waals surface area contributed by atoms with E-state index >= 15 is 0 Å². The van der Waals surface area contributed by atoms with Gasteiger partial charge in [-0.25, -0.2) is 0 Å². The molecule has 2 aliphatic heterocycles. The van der Waals surface area contributed by atoms with E-state index < -0.39 is 0 Å². The minimum Gasteiger partial charge on any atom is -0.359 e.